The highest BCUT2D eigenvalue weighted by Gasteiger charge is 2.10. The first-order valence-corrected chi connectivity index (χ1v) is 9.61. The molecule has 28 heavy (non-hydrogen) atoms. The van der Waals surface area contributed by atoms with E-state index >= 15 is 0 Å². The molecule has 2 aromatic carbocycles. The Morgan fingerprint density at radius 1 is 0.893 bits per heavy atom. The molecule has 7 heteroatoms. The third-order valence-corrected chi connectivity index (χ3v) is 4.17. The van der Waals surface area contributed by atoms with Crippen LogP contribution in [0.2, 0.25) is 0 Å². The lowest BCUT2D eigenvalue weighted by Gasteiger charge is -2.11. The first-order chi connectivity index (χ1) is 13.5. The largest absolute Gasteiger partial charge is 0.494 e. The van der Waals surface area contributed by atoms with Crippen molar-refractivity contribution in [2.75, 3.05) is 6.61 Å². The van der Waals surface area contributed by atoms with Gasteiger partial charge in [0.1, 0.15) is 5.75 Å². The Hall–Kier alpha value is -2.93. The van der Waals surface area contributed by atoms with Gasteiger partial charge in [-0.25, -0.2) is 0 Å². The van der Waals surface area contributed by atoms with Crippen molar-refractivity contribution in [3.8, 4) is 5.75 Å². The van der Waals surface area contributed by atoms with Crippen LogP contribution in [0.5, 0.6) is 5.75 Å². The average molecular weight is 400 g/mol. The van der Waals surface area contributed by atoms with Crippen LogP contribution in [0.3, 0.4) is 0 Å². The number of hydrazine groups is 1. The molecule has 0 spiro atoms. The Bertz CT molecular complexity index is 805. The van der Waals surface area contributed by atoms with Gasteiger partial charge < -0.3 is 4.74 Å². The summed E-state index contributed by atoms with van der Waals surface area (Å²) in [6.45, 7) is 4.74. The van der Waals surface area contributed by atoms with Crippen molar-refractivity contribution in [1.82, 2.24) is 16.2 Å². The minimum atomic E-state index is -0.375. The summed E-state index contributed by atoms with van der Waals surface area (Å²) < 4.78 is 5.62. The first kappa shape index (κ1) is 21.4. The number of aryl methyl sites for hydroxylation is 1. The SMILES string of the molecule is CCCCCOc1ccc(C(=O)NC(=S)NNC(=O)c2ccc(C)cc2)cc1. The van der Waals surface area contributed by atoms with Gasteiger partial charge in [-0.05, 0) is 62.0 Å². The minimum Gasteiger partial charge on any atom is -0.494 e. The number of rotatable bonds is 7. The van der Waals surface area contributed by atoms with Crippen LogP contribution in [0.1, 0.15) is 52.5 Å². The van der Waals surface area contributed by atoms with E-state index < -0.39 is 0 Å². The zero-order valence-corrected chi connectivity index (χ0v) is 16.9. The predicted molar refractivity (Wildman–Crippen MR) is 113 cm³/mol. The summed E-state index contributed by atoms with van der Waals surface area (Å²) in [5.41, 5.74) is 6.96. The number of benzene rings is 2. The van der Waals surface area contributed by atoms with Crippen LogP contribution in [0.15, 0.2) is 48.5 Å². The summed E-state index contributed by atoms with van der Waals surface area (Å²) in [5, 5.41) is 2.52. The van der Waals surface area contributed by atoms with E-state index in [1.54, 1.807) is 36.4 Å². The molecule has 0 bridgehead atoms. The summed E-state index contributed by atoms with van der Waals surface area (Å²) in [7, 11) is 0. The minimum absolute atomic E-state index is 0.00496. The molecule has 0 unspecified atom stereocenters. The van der Waals surface area contributed by atoms with Gasteiger partial charge in [-0.15, -0.1) is 0 Å². The van der Waals surface area contributed by atoms with Gasteiger partial charge in [-0.3, -0.25) is 25.8 Å². The maximum atomic E-state index is 12.2. The van der Waals surface area contributed by atoms with Gasteiger partial charge in [0.15, 0.2) is 5.11 Å². The standard InChI is InChI=1S/C21H25N3O3S/c1-3-4-5-14-27-18-12-10-16(11-13-18)19(25)22-21(28)24-23-20(26)17-8-6-15(2)7-9-17/h6-13H,3-5,14H2,1-2H3,(H,23,26)(H2,22,24,25,28). The smallest absolute Gasteiger partial charge is 0.269 e. The summed E-state index contributed by atoms with van der Waals surface area (Å²) >= 11 is 5.04. The molecule has 0 aliphatic rings. The van der Waals surface area contributed by atoms with Crippen LogP contribution in [-0.4, -0.2) is 23.5 Å². The fraction of sp³-hybridized carbons (Fsp3) is 0.286. The number of carbonyl (C=O) groups excluding carboxylic acids is 2. The molecule has 6 nitrogen and oxygen atoms in total. The van der Waals surface area contributed by atoms with Gasteiger partial charge >= 0.3 is 0 Å². The fourth-order valence-corrected chi connectivity index (χ4v) is 2.49. The second-order valence-electron chi connectivity index (χ2n) is 6.31. The fourth-order valence-electron chi connectivity index (χ4n) is 2.34. The van der Waals surface area contributed by atoms with Gasteiger partial charge in [-0.1, -0.05) is 37.5 Å². The lowest BCUT2D eigenvalue weighted by molar-refractivity contribution is 0.0934. The molecule has 0 aliphatic carbocycles. The van der Waals surface area contributed by atoms with E-state index in [0.29, 0.717) is 17.7 Å². The Balaban J connectivity index is 1.77. The number of amides is 2. The van der Waals surface area contributed by atoms with Gasteiger partial charge in [0.05, 0.1) is 6.61 Å². The van der Waals surface area contributed by atoms with Crippen LogP contribution in [0.25, 0.3) is 0 Å². The molecule has 148 valence electrons. The average Bonchev–Trinajstić information content (AvgIpc) is 2.70. The van der Waals surface area contributed by atoms with Crippen molar-refractivity contribution in [3.05, 3.63) is 65.2 Å². The Labute approximate surface area is 170 Å². The third kappa shape index (κ3) is 7.00. The topological polar surface area (TPSA) is 79.5 Å². The zero-order valence-electron chi connectivity index (χ0n) is 16.1. The highest BCUT2D eigenvalue weighted by molar-refractivity contribution is 7.80. The Morgan fingerprint density at radius 3 is 2.14 bits per heavy atom. The molecule has 0 radical (unpaired) electrons. The number of nitrogens with one attached hydrogen (secondary N) is 3. The number of hydrogen-bond acceptors (Lipinski definition) is 4. The van der Waals surface area contributed by atoms with Crippen molar-refractivity contribution in [2.24, 2.45) is 0 Å². The van der Waals surface area contributed by atoms with Crippen LogP contribution >= 0.6 is 12.2 Å². The van der Waals surface area contributed by atoms with Crippen LogP contribution in [0.4, 0.5) is 0 Å². The maximum Gasteiger partial charge on any atom is 0.269 e. The van der Waals surface area contributed by atoms with Gasteiger partial charge in [-0.2, -0.15) is 0 Å². The number of hydrogen-bond donors (Lipinski definition) is 3. The van der Waals surface area contributed by atoms with Crippen molar-refractivity contribution < 1.29 is 14.3 Å². The molecule has 2 aromatic rings. The number of thiocarbonyl (C=S) groups is 1. The monoisotopic (exact) mass is 399 g/mol. The van der Waals surface area contributed by atoms with Gasteiger partial charge in [0.2, 0.25) is 0 Å². The third-order valence-electron chi connectivity index (χ3n) is 3.96. The van der Waals surface area contributed by atoms with Gasteiger partial charge in [0.25, 0.3) is 11.8 Å². The highest BCUT2D eigenvalue weighted by Crippen LogP contribution is 2.13. The van der Waals surface area contributed by atoms with Crippen LogP contribution < -0.4 is 20.9 Å². The number of unbranched alkanes of at least 4 members (excludes halogenated alkanes) is 2. The van der Waals surface area contributed by atoms with Crippen molar-refractivity contribution in [1.29, 1.82) is 0 Å². The molecule has 0 atom stereocenters. The van der Waals surface area contributed by atoms with E-state index in [1.807, 2.05) is 19.1 Å². The van der Waals surface area contributed by atoms with E-state index in [2.05, 4.69) is 23.1 Å². The molecule has 3 N–H and O–H groups in total. The van der Waals surface area contributed by atoms with Gasteiger partial charge in [0, 0.05) is 11.1 Å². The van der Waals surface area contributed by atoms with E-state index in [4.69, 9.17) is 17.0 Å². The molecule has 0 heterocycles. The van der Waals surface area contributed by atoms with Crippen molar-refractivity contribution in [3.63, 3.8) is 0 Å². The van der Waals surface area contributed by atoms with Crippen LogP contribution in [0, 0.1) is 6.92 Å². The zero-order chi connectivity index (χ0) is 20.4. The molecular weight excluding hydrogens is 374 g/mol. The lowest BCUT2D eigenvalue weighted by atomic mass is 10.1. The van der Waals surface area contributed by atoms with Crippen LogP contribution in [-0.2, 0) is 0 Å². The second kappa shape index (κ2) is 11.0. The molecule has 2 amide bonds. The Kier molecular flexibility index (Phi) is 8.42. The predicted octanol–water partition coefficient (Wildman–Crippen LogP) is 3.51. The number of ether oxygens (including phenoxy) is 1. The molecular formula is C21H25N3O3S. The van der Waals surface area contributed by atoms with E-state index in [-0.39, 0.29) is 16.9 Å². The maximum absolute atomic E-state index is 12.2. The summed E-state index contributed by atoms with van der Waals surface area (Å²) in [5.74, 6) is -0.000456. The first-order valence-electron chi connectivity index (χ1n) is 9.21. The molecule has 2 rings (SSSR count). The Morgan fingerprint density at radius 2 is 1.50 bits per heavy atom. The summed E-state index contributed by atoms with van der Waals surface area (Å²) in [4.78, 5) is 24.2. The van der Waals surface area contributed by atoms with Crippen molar-refractivity contribution in [2.45, 2.75) is 33.1 Å². The van der Waals surface area contributed by atoms with E-state index in [0.717, 1.165) is 30.6 Å². The molecule has 0 saturated heterocycles. The quantitative estimate of drug-likeness (QED) is 0.377. The molecule has 0 aromatic heterocycles. The van der Waals surface area contributed by atoms with E-state index in [9.17, 15) is 9.59 Å². The molecule has 0 fully saturated rings. The summed E-state index contributed by atoms with van der Waals surface area (Å²) in [6.07, 6.45) is 3.28. The van der Waals surface area contributed by atoms with E-state index in [1.165, 1.54) is 0 Å². The highest BCUT2D eigenvalue weighted by atomic mass is 32.1. The second-order valence-corrected chi connectivity index (χ2v) is 6.72. The summed E-state index contributed by atoms with van der Waals surface area (Å²) in [6, 6.07) is 13.9. The normalized spacial score (nSPS) is 10.1. The lowest BCUT2D eigenvalue weighted by Crippen LogP contribution is -2.48. The number of carbonyl (C=O) groups is 2. The molecule has 0 aliphatic heterocycles. The molecule has 0 saturated carbocycles. The van der Waals surface area contributed by atoms with Crippen molar-refractivity contribution >= 4 is 29.1 Å².